The van der Waals surface area contributed by atoms with E-state index in [1.165, 1.54) is 5.56 Å². The van der Waals surface area contributed by atoms with Crippen LogP contribution in [0.1, 0.15) is 21.5 Å². The first kappa shape index (κ1) is 11.3. The molecule has 1 aromatic carbocycles. The van der Waals surface area contributed by atoms with Crippen LogP contribution in [-0.4, -0.2) is 11.1 Å². The molecule has 0 unspecified atom stereocenters. The molecule has 0 saturated carbocycles. The zero-order valence-electron chi connectivity index (χ0n) is 9.63. The zero-order valence-corrected chi connectivity index (χ0v) is 9.63. The maximum Gasteiger partial charge on any atom is 0.335 e. The Hall–Kier alpha value is -2.16. The van der Waals surface area contributed by atoms with Gasteiger partial charge >= 0.3 is 5.97 Å². The Morgan fingerprint density at radius 1 is 1.24 bits per heavy atom. The van der Waals surface area contributed by atoms with Gasteiger partial charge in [0.25, 0.3) is 0 Å². The van der Waals surface area contributed by atoms with Crippen LogP contribution in [0.25, 0.3) is 0 Å². The highest BCUT2D eigenvalue weighted by molar-refractivity contribution is 5.87. The lowest BCUT2D eigenvalue weighted by Crippen LogP contribution is -2.33. The van der Waals surface area contributed by atoms with Gasteiger partial charge < -0.3 is 5.11 Å². The Kier molecular flexibility index (Phi) is 3.19. The van der Waals surface area contributed by atoms with Crippen LogP contribution in [-0.2, 0) is 6.54 Å². The number of nitrogens with zero attached hydrogens (tertiary/aromatic N) is 1. The van der Waals surface area contributed by atoms with Crippen molar-refractivity contribution >= 4 is 5.97 Å². The van der Waals surface area contributed by atoms with Crippen molar-refractivity contribution in [3.8, 4) is 0 Å². The molecular formula is C14H14NO2+. The predicted molar refractivity (Wildman–Crippen MR) is 63.9 cm³/mol. The Morgan fingerprint density at radius 3 is 2.59 bits per heavy atom. The summed E-state index contributed by atoms with van der Waals surface area (Å²) in [4.78, 5) is 10.8. The van der Waals surface area contributed by atoms with E-state index in [9.17, 15) is 4.79 Å². The third-order valence-electron chi connectivity index (χ3n) is 2.60. The van der Waals surface area contributed by atoms with Gasteiger partial charge in [0.15, 0.2) is 18.9 Å². The van der Waals surface area contributed by atoms with E-state index in [-0.39, 0.29) is 0 Å². The van der Waals surface area contributed by atoms with Crippen LogP contribution in [0.4, 0.5) is 0 Å². The summed E-state index contributed by atoms with van der Waals surface area (Å²) in [6.45, 7) is 2.72. The van der Waals surface area contributed by atoms with Gasteiger partial charge in [0.2, 0.25) is 0 Å². The lowest BCUT2D eigenvalue weighted by molar-refractivity contribution is -0.688. The molecule has 0 radical (unpaired) electrons. The minimum atomic E-state index is -0.888. The smallest absolute Gasteiger partial charge is 0.335 e. The van der Waals surface area contributed by atoms with Gasteiger partial charge in [-0.3, -0.25) is 0 Å². The fraction of sp³-hybridized carbons (Fsp3) is 0.143. The normalized spacial score (nSPS) is 10.2. The number of aromatic nitrogens is 1. The molecule has 0 spiro atoms. The number of benzene rings is 1. The first-order chi connectivity index (χ1) is 8.15. The number of pyridine rings is 1. The second kappa shape index (κ2) is 4.78. The first-order valence-electron chi connectivity index (χ1n) is 5.43. The van der Waals surface area contributed by atoms with E-state index >= 15 is 0 Å². The molecule has 2 rings (SSSR count). The molecule has 0 aliphatic rings. The molecule has 0 aliphatic heterocycles. The van der Waals surface area contributed by atoms with E-state index in [0.29, 0.717) is 12.1 Å². The molecule has 3 nitrogen and oxygen atoms in total. The fourth-order valence-corrected chi connectivity index (χ4v) is 1.65. The highest BCUT2D eigenvalue weighted by Crippen LogP contribution is 2.05. The molecule has 3 heteroatoms. The summed E-state index contributed by atoms with van der Waals surface area (Å²) in [7, 11) is 0. The van der Waals surface area contributed by atoms with Crippen LogP contribution >= 0.6 is 0 Å². The molecule has 17 heavy (non-hydrogen) atoms. The fourth-order valence-electron chi connectivity index (χ4n) is 1.65. The second-order valence-corrected chi connectivity index (χ2v) is 4.05. The van der Waals surface area contributed by atoms with Crippen molar-refractivity contribution in [2.45, 2.75) is 13.5 Å². The summed E-state index contributed by atoms with van der Waals surface area (Å²) in [5, 5.41) is 8.90. The van der Waals surface area contributed by atoms with Crippen molar-refractivity contribution in [3.63, 3.8) is 0 Å². The molecule has 0 amide bonds. The van der Waals surface area contributed by atoms with E-state index in [1.807, 2.05) is 42.1 Å². The highest BCUT2D eigenvalue weighted by Gasteiger charge is 2.06. The maximum atomic E-state index is 10.8. The predicted octanol–water partition coefficient (Wildman–Crippen LogP) is 2.03. The van der Waals surface area contributed by atoms with Crippen molar-refractivity contribution in [2.75, 3.05) is 0 Å². The van der Waals surface area contributed by atoms with Gasteiger partial charge in [-0.15, -0.1) is 0 Å². The molecule has 1 N–H and O–H groups in total. The van der Waals surface area contributed by atoms with Gasteiger partial charge in [0.1, 0.15) is 0 Å². The highest BCUT2D eigenvalue weighted by atomic mass is 16.4. The lowest BCUT2D eigenvalue weighted by atomic mass is 10.1. The summed E-state index contributed by atoms with van der Waals surface area (Å²) in [6, 6.07) is 11.1. The second-order valence-electron chi connectivity index (χ2n) is 4.05. The molecule has 0 fully saturated rings. The topological polar surface area (TPSA) is 41.2 Å². The SMILES string of the molecule is Cc1cc[n+](Cc2cccc(C(=O)O)c2)cc1. The molecule has 0 aliphatic carbocycles. The average Bonchev–Trinajstić information content (AvgIpc) is 2.32. The number of hydrogen-bond acceptors (Lipinski definition) is 1. The summed E-state index contributed by atoms with van der Waals surface area (Å²) in [5.41, 5.74) is 2.52. The first-order valence-corrected chi connectivity index (χ1v) is 5.43. The number of aryl methyl sites for hydroxylation is 1. The number of aromatic carboxylic acids is 1. The molecular weight excluding hydrogens is 214 g/mol. The zero-order chi connectivity index (χ0) is 12.3. The van der Waals surface area contributed by atoms with Gasteiger partial charge in [-0.25, -0.2) is 9.36 Å². The van der Waals surface area contributed by atoms with Gasteiger partial charge in [0.05, 0.1) is 5.56 Å². The van der Waals surface area contributed by atoms with Crippen molar-refractivity contribution in [2.24, 2.45) is 0 Å². The summed E-state index contributed by atoms with van der Waals surface area (Å²) < 4.78 is 2.02. The van der Waals surface area contributed by atoms with Crippen LogP contribution in [0.3, 0.4) is 0 Å². The summed E-state index contributed by atoms with van der Waals surface area (Å²) in [5.74, 6) is -0.888. The number of carboxylic acids is 1. The van der Waals surface area contributed by atoms with Crippen molar-refractivity contribution in [1.29, 1.82) is 0 Å². The van der Waals surface area contributed by atoms with Gasteiger partial charge in [0, 0.05) is 17.7 Å². The van der Waals surface area contributed by atoms with Crippen LogP contribution < -0.4 is 4.57 Å². The minimum Gasteiger partial charge on any atom is -0.478 e. The molecule has 1 aromatic heterocycles. The summed E-state index contributed by atoms with van der Waals surface area (Å²) in [6.07, 6.45) is 3.98. The molecule has 2 aromatic rings. The Bertz CT molecular complexity index is 532. The Balaban J connectivity index is 2.21. The van der Waals surface area contributed by atoms with E-state index in [1.54, 1.807) is 18.2 Å². The quantitative estimate of drug-likeness (QED) is 0.817. The van der Waals surface area contributed by atoms with E-state index in [4.69, 9.17) is 5.11 Å². The lowest BCUT2D eigenvalue weighted by Gasteiger charge is -2.00. The molecule has 0 saturated heterocycles. The van der Waals surface area contributed by atoms with Gasteiger partial charge in [-0.2, -0.15) is 0 Å². The van der Waals surface area contributed by atoms with Gasteiger partial charge in [-0.1, -0.05) is 12.1 Å². The third kappa shape index (κ3) is 2.91. The van der Waals surface area contributed by atoms with Crippen LogP contribution in [0, 0.1) is 6.92 Å². The summed E-state index contributed by atoms with van der Waals surface area (Å²) >= 11 is 0. The molecule has 86 valence electrons. The van der Waals surface area contributed by atoms with E-state index in [0.717, 1.165) is 5.56 Å². The van der Waals surface area contributed by atoms with Crippen molar-refractivity contribution < 1.29 is 14.5 Å². The third-order valence-corrected chi connectivity index (χ3v) is 2.60. The van der Waals surface area contributed by atoms with E-state index < -0.39 is 5.97 Å². The molecule has 1 heterocycles. The monoisotopic (exact) mass is 228 g/mol. The average molecular weight is 228 g/mol. The molecule has 0 atom stereocenters. The molecule has 0 bridgehead atoms. The van der Waals surface area contributed by atoms with Gasteiger partial charge in [-0.05, 0) is 24.6 Å². The number of rotatable bonds is 3. The number of hydrogen-bond donors (Lipinski definition) is 1. The van der Waals surface area contributed by atoms with Crippen LogP contribution in [0.2, 0.25) is 0 Å². The van der Waals surface area contributed by atoms with Crippen molar-refractivity contribution in [3.05, 3.63) is 65.5 Å². The largest absolute Gasteiger partial charge is 0.478 e. The number of carboxylic acid groups (broad SMARTS) is 1. The maximum absolute atomic E-state index is 10.8. The van der Waals surface area contributed by atoms with Crippen molar-refractivity contribution in [1.82, 2.24) is 0 Å². The standard InChI is InChI=1S/C14H13NO2/c1-11-5-7-15(8-6-11)10-12-3-2-4-13(9-12)14(16)17/h2-9H,10H2,1H3/p+1. The van der Waals surface area contributed by atoms with Crippen LogP contribution in [0.15, 0.2) is 48.8 Å². The minimum absolute atomic E-state index is 0.329. The Labute approximate surface area is 100.0 Å². The van der Waals surface area contributed by atoms with Crippen LogP contribution in [0.5, 0.6) is 0 Å². The number of carbonyl (C=O) groups is 1. The Morgan fingerprint density at radius 2 is 1.94 bits per heavy atom. The van der Waals surface area contributed by atoms with E-state index in [2.05, 4.69) is 0 Å².